The van der Waals surface area contributed by atoms with Gasteiger partial charge in [-0.05, 0) is 97.1 Å². The van der Waals surface area contributed by atoms with Gasteiger partial charge in [0.15, 0.2) is 5.78 Å². The van der Waals surface area contributed by atoms with Gasteiger partial charge in [-0.25, -0.2) is 0 Å². The van der Waals surface area contributed by atoms with Crippen LogP contribution in [0.1, 0.15) is 34.3 Å². The minimum Gasteiger partial charge on any atom is -0.497 e. The molecule has 5 nitrogen and oxygen atoms in total. The van der Waals surface area contributed by atoms with E-state index in [9.17, 15) is 4.79 Å². The molecule has 0 aliphatic carbocycles. The van der Waals surface area contributed by atoms with Crippen molar-refractivity contribution in [1.29, 1.82) is 0 Å². The lowest BCUT2D eigenvalue weighted by atomic mass is 9.97. The Morgan fingerprint density at radius 1 is 0.810 bits per heavy atom. The van der Waals surface area contributed by atoms with E-state index in [2.05, 4.69) is 35.2 Å². The molecule has 0 saturated carbocycles. The third-order valence-electron chi connectivity index (χ3n) is 7.99. The molecule has 6 rings (SSSR count). The van der Waals surface area contributed by atoms with Crippen molar-refractivity contribution in [2.75, 3.05) is 33.9 Å². The standard InChI is InChI=1S/C36H35NO4S/c1-39-28-12-10-27(11-13-28)36-34(32-17-16-31(40-2)24-33(32)42-36)35(38)26-8-14-29(15-9-26)41-30-19-22-37(23-20-30)21-18-25-6-4-3-5-7-25/h3-17,24,30H,18-23H2,1-2H3. The minimum absolute atomic E-state index is 0.00416. The van der Waals surface area contributed by atoms with Gasteiger partial charge in [-0.1, -0.05) is 30.3 Å². The number of fused-ring (bicyclic) bond motifs is 1. The number of rotatable bonds is 10. The number of carbonyl (C=O) groups is 1. The van der Waals surface area contributed by atoms with E-state index in [1.165, 1.54) is 5.56 Å². The van der Waals surface area contributed by atoms with E-state index in [-0.39, 0.29) is 11.9 Å². The quantitative estimate of drug-likeness (QED) is 0.158. The number of nitrogens with zero attached hydrogens (tertiary/aromatic N) is 1. The molecule has 1 fully saturated rings. The highest BCUT2D eigenvalue weighted by atomic mass is 32.1. The number of benzene rings is 4. The average molecular weight is 578 g/mol. The molecular formula is C36H35NO4S. The van der Waals surface area contributed by atoms with Crippen LogP contribution in [0.25, 0.3) is 20.5 Å². The molecule has 0 radical (unpaired) electrons. The highest BCUT2D eigenvalue weighted by Gasteiger charge is 2.23. The van der Waals surface area contributed by atoms with E-state index in [1.54, 1.807) is 25.6 Å². The van der Waals surface area contributed by atoms with Crippen LogP contribution in [-0.4, -0.2) is 50.6 Å². The normalized spacial score (nSPS) is 14.1. The zero-order valence-electron chi connectivity index (χ0n) is 24.0. The zero-order valence-corrected chi connectivity index (χ0v) is 24.9. The van der Waals surface area contributed by atoms with Crippen molar-refractivity contribution in [2.24, 2.45) is 0 Å². The molecule has 1 aromatic heterocycles. The topological polar surface area (TPSA) is 48.0 Å². The van der Waals surface area contributed by atoms with Crippen molar-refractivity contribution >= 4 is 27.2 Å². The average Bonchev–Trinajstić information content (AvgIpc) is 3.43. The lowest BCUT2D eigenvalue weighted by Gasteiger charge is -2.32. The summed E-state index contributed by atoms with van der Waals surface area (Å²) in [5.74, 6) is 2.36. The van der Waals surface area contributed by atoms with Crippen LogP contribution in [0.2, 0.25) is 0 Å². The van der Waals surface area contributed by atoms with E-state index in [0.29, 0.717) is 11.1 Å². The van der Waals surface area contributed by atoms with Gasteiger partial charge >= 0.3 is 0 Å². The number of ketones is 1. The Balaban J connectivity index is 1.15. The monoisotopic (exact) mass is 577 g/mol. The first-order valence-corrected chi connectivity index (χ1v) is 15.3. The van der Waals surface area contributed by atoms with Crippen LogP contribution < -0.4 is 14.2 Å². The molecule has 1 aliphatic heterocycles. The van der Waals surface area contributed by atoms with E-state index in [0.717, 1.165) is 76.7 Å². The van der Waals surface area contributed by atoms with E-state index in [1.807, 2.05) is 66.7 Å². The number of thiophene rings is 1. The summed E-state index contributed by atoms with van der Waals surface area (Å²) in [6, 6.07) is 32.0. The predicted molar refractivity (Wildman–Crippen MR) is 170 cm³/mol. The fourth-order valence-electron chi connectivity index (χ4n) is 5.58. The molecule has 1 saturated heterocycles. The van der Waals surface area contributed by atoms with E-state index < -0.39 is 0 Å². The Kier molecular flexibility index (Phi) is 8.54. The zero-order chi connectivity index (χ0) is 28.9. The van der Waals surface area contributed by atoms with Gasteiger partial charge in [-0.3, -0.25) is 4.79 Å². The third-order valence-corrected chi connectivity index (χ3v) is 9.19. The second-order valence-corrected chi connectivity index (χ2v) is 11.7. The summed E-state index contributed by atoms with van der Waals surface area (Å²) >= 11 is 1.60. The van der Waals surface area contributed by atoms with Gasteiger partial charge in [-0.2, -0.15) is 0 Å². The molecule has 0 amide bonds. The van der Waals surface area contributed by atoms with Crippen LogP contribution in [0.15, 0.2) is 97.1 Å². The summed E-state index contributed by atoms with van der Waals surface area (Å²) in [5.41, 5.74) is 3.72. The summed E-state index contributed by atoms with van der Waals surface area (Å²) in [4.78, 5) is 17.5. The molecule has 0 N–H and O–H groups in total. The summed E-state index contributed by atoms with van der Waals surface area (Å²) in [5, 5.41) is 0.927. The van der Waals surface area contributed by atoms with Crippen molar-refractivity contribution in [1.82, 2.24) is 4.90 Å². The highest BCUT2D eigenvalue weighted by molar-refractivity contribution is 7.22. The lowest BCUT2D eigenvalue weighted by Crippen LogP contribution is -2.39. The van der Waals surface area contributed by atoms with Crippen LogP contribution in [0, 0.1) is 0 Å². The van der Waals surface area contributed by atoms with Gasteiger partial charge in [0.05, 0.1) is 14.2 Å². The first kappa shape index (κ1) is 28.0. The van der Waals surface area contributed by atoms with Crippen LogP contribution in [0.3, 0.4) is 0 Å². The van der Waals surface area contributed by atoms with Gasteiger partial charge in [-0.15, -0.1) is 11.3 Å². The number of hydrogen-bond donors (Lipinski definition) is 0. The van der Waals surface area contributed by atoms with Crippen LogP contribution in [0.4, 0.5) is 0 Å². The maximum Gasteiger partial charge on any atom is 0.195 e. The fourth-order valence-corrected chi connectivity index (χ4v) is 6.81. The molecule has 4 aromatic carbocycles. The maximum atomic E-state index is 14.0. The number of carbonyl (C=O) groups excluding carboxylic acids is 1. The number of hydrogen-bond acceptors (Lipinski definition) is 6. The molecular weight excluding hydrogens is 542 g/mol. The Morgan fingerprint density at radius 2 is 1.48 bits per heavy atom. The number of methoxy groups -OCH3 is 2. The Morgan fingerprint density at radius 3 is 2.17 bits per heavy atom. The third kappa shape index (κ3) is 6.20. The Hall–Kier alpha value is -4.13. The van der Waals surface area contributed by atoms with Crippen molar-refractivity contribution in [2.45, 2.75) is 25.4 Å². The van der Waals surface area contributed by atoms with Gasteiger partial charge in [0.1, 0.15) is 23.4 Å². The Labute approximate surface area is 251 Å². The van der Waals surface area contributed by atoms with Crippen molar-refractivity contribution in [3.63, 3.8) is 0 Å². The molecule has 2 heterocycles. The minimum atomic E-state index is -0.00416. The predicted octanol–water partition coefficient (Wildman–Crippen LogP) is 7.90. The molecule has 0 spiro atoms. The first-order valence-electron chi connectivity index (χ1n) is 14.4. The summed E-state index contributed by atoms with van der Waals surface area (Å²) in [7, 11) is 3.31. The molecule has 5 aromatic rings. The summed E-state index contributed by atoms with van der Waals surface area (Å²) in [6.07, 6.45) is 3.28. The second kappa shape index (κ2) is 12.8. The highest BCUT2D eigenvalue weighted by Crippen LogP contribution is 2.41. The fraction of sp³-hybridized carbons (Fsp3) is 0.250. The SMILES string of the molecule is COc1ccc(-c2sc3cc(OC)ccc3c2C(=O)c2ccc(OC3CCN(CCc4ccccc4)CC3)cc2)cc1. The van der Waals surface area contributed by atoms with E-state index >= 15 is 0 Å². The smallest absolute Gasteiger partial charge is 0.195 e. The van der Waals surface area contributed by atoms with Crippen molar-refractivity contribution in [3.8, 4) is 27.7 Å². The van der Waals surface area contributed by atoms with Crippen molar-refractivity contribution in [3.05, 3.63) is 114 Å². The Bertz CT molecular complexity index is 1640. The molecule has 1 aliphatic rings. The number of piperidine rings is 1. The molecule has 42 heavy (non-hydrogen) atoms. The summed E-state index contributed by atoms with van der Waals surface area (Å²) < 4.78 is 18.2. The molecule has 0 atom stereocenters. The molecule has 6 heteroatoms. The molecule has 214 valence electrons. The van der Waals surface area contributed by atoms with Gasteiger partial charge in [0.25, 0.3) is 0 Å². The van der Waals surface area contributed by atoms with Crippen molar-refractivity contribution < 1.29 is 19.0 Å². The lowest BCUT2D eigenvalue weighted by molar-refractivity contribution is 0.101. The largest absolute Gasteiger partial charge is 0.497 e. The second-order valence-electron chi connectivity index (χ2n) is 10.6. The van der Waals surface area contributed by atoms with Crippen LogP contribution in [-0.2, 0) is 6.42 Å². The van der Waals surface area contributed by atoms with Gasteiger partial charge in [0, 0.05) is 45.7 Å². The summed E-state index contributed by atoms with van der Waals surface area (Å²) in [6.45, 7) is 3.16. The molecule has 0 bridgehead atoms. The number of ether oxygens (including phenoxy) is 3. The number of likely N-dealkylation sites (tertiary alicyclic amines) is 1. The molecule has 0 unspecified atom stereocenters. The van der Waals surface area contributed by atoms with Gasteiger partial charge < -0.3 is 19.1 Å². The maximum absolute atomic E-state index is 14.0. The first-order chi connectivity index (χ1) is 20.6. The van der Waals surface area contributed by atoms with Crippen LogP contribution in [0.5, 0.6) is 17.2 Å². The van der Waals surface area contributed by atoms with Gasteiger partial charge in [0.2, 0.25) is 0 Å². The van der Waals surface area contributed by atoms with E-state index in [4.69, 9.17) is 14.2 Å². The van der Waals surface area contributed by atoms with Crippen LogP contribution >= 0.6 is 11.3 Å².